The third-order valence-electron chi connectivity index (χ3n) is 6.70. The lowest BCUT2D eigenvalue weighted by molar-refractivity contribution is -0.0949. The van der Waals surface area contributed by atoms with Gasteiger partial charge in [0.1, 0.15) is 17.3 Å². The minimum Gasteiger partial charge on any atom is -0.457 e. The smallest absolute Gasteiger partial charge is 0.314 e. The van der Waals surface area contributed by atoms with Crippen molar-refractivity contribution in [1.29, 1.82) is 0 Å². The number of nitrogens with one attached hydrogen (secondary N) is 1. The van der Waals surface area contributed by atoms with Gasteiger partial charge < -0.3 is 9.15 Å². The number of carbonyl (C=O) groups excluding carboxylic acids is 1. The van der Waals surface area contributed by atoms with Crippen molar-refractivity contribution in [2.24, 2.45) is 5.10 Å². The molecule has 3 aliphatic rings. The molecule has 4 aromatic rings. The molecule has 7 rings (SSSR count). The van der Waals surface area contributed by atoms with Crippen LogP contribution >= 0.6 is 27.7 Å². The number of fused-ring (bicyclic) bond motifs is 4. The molecule has 1 aromatic heterocycles. The number of furan rings is 1. The van der Waals surface area contributed by atoms with Gasteiger partial charge in [0.25, 0.3) is 5.24 Å². The lowest BCUT2D eigenvalue weighted by Gasteiger charge is -2.45. The molecule has 1 amide bonds. The Morgan fingerprint density at radius 3 is 2.54 bits per heavy atom. The van der Waals surface area contributed by atoms with E-state index in [4.69, 9.17) is 14.3 Å². The third kappa shape index (κ3) is 3.79. The first kappa shape index (κ1) is 22.4. The molecule has 182 valence electrons. The van der Waals surface area contributed by atoms with Crippen molar-refractivity contribution < 1.29 is 13.9 Å². The van der Waals surface area contributed by atoms with Gasteiger partial charge in [-0.25, -0.2) is 5.01 Å². The Labute approximate surface area is 226 Å². The summed E-state index contributed by atoms with van der Waals surface area (Å²) in [5.41, 5.74) is 3.99. The molecule has 4 heterocycles. The maximum atomic E-state index is 12.9. The van der Waals surface area contributed by atoms with Gasteiger partial charge in [0, 0.05) is 22.0 Å². The molecule has 0 saturated carbocycles. The Bertz CT molecular complexity index is 1580. The number of hydrogen-bond donors (Lipinski definition) is 1. The van der Waals surface area contributed by atoms with Crippen molar-refractivity contribution in [3.05, 3.63) is 117 Å². The Morgan fingerprint density at radius 2 is 1.76 bits per heavy atom. The number of amides is 1. The zero-order chi connectivity index (χ0) is 25.0. The summed E-state index contributed by atoms with van der Waals surface area (Å²) in [6.45, 7) is 0. The largest absolute Gasteiger partial charge is 0.457 e. The normalized spacial score (nSPS) is 23.0. The van der Waals surface area contributed by atoms with Crippen LogP contribution in [0.2, 0.25) is 0 Å². The van der Waals surface area contributed by atoms with E-state index >= 15 is 0 Å². The van der Waals surface area contributed by atoms with Crippen LogP contribution < -0.4 is 10.1 Å². The van der Waals surface area contributed by atoms with E-state index < -0.39 is 5.85 Å². The summed E-state index contributed by atoms with van der Waals surface area (Å²) in [7, 11) is 0. The second kappa shape index (κ2) is 8.68. The van der Waals surface area contributed by atoms with Crippen molar-refractivity contribution in [3.63, 3.8) is 0 Å². The second-order valence-corrected chi connectivity index (χ2v) is 10.9. The number of halogens is 1. The summed E-state index contributed by atoms with van der Waals surface area (Å²) in [5.74, 6) is 0.827. The van der Waals surface area contributed by atoms with Gasteiger partial charge in [0.15, 0.2) is 0 Å². The number of hydrazone groups is 1. The molecular weight excluding hydrogens is 550 g/mol. The topological polar surface area (TPSA) is 67.1 Å². The first-order chi connectivity index (χ1) is 18.1. The monoisotopic (exact) mass is 569 g/mol. The molecule has 1 saturated heterocycles. The molecule has 2 unspecified atom stereocenters. The minimum atomic E-state index is -1.27. The van der Waals surface area contributed by atoms with E-state index in [9.17, 15) is 4.79 Å². The average Bonchev–Trinajstić information content (AvgIpc) is 3.65. The van der Waals surface area contributed by atoms with E-state index in [1.54, 1.807) is 0 Å². The lowest BCUT2D eigenvalue weighted by atomic mass is 9.96. The molecule has 1 spiro atoms. The lowest BCUT2D eigenvalue weighted by Crippen LogP contribution is -2.61. The van der Waals surface area contributed by atoms with Crippen LogP contribution in [0, 0.1) is 0 Å². The Kier molecular flexibility index (Phi) is 5.26. The summed E-state index contributed by atoms with van der Waals surface area (Å²) in [4.78, 5) is 13.5. The van der Waals surface area contributed by atoms with Gasteiger partial charge in [-0.2, -0.15) is 5.10 Å². The van der Waals surface area contributed by atoms with Crippen LogP contribution in [0.25, 0.3) is 17.4 Å². The fourth-order valence-electron chi connectivity index (χ4n) is 5.01. The zero-order valence-corrected chi connectivity index (χ0v) is 21.8. The Balaban J connectivity index is 1.35. The molecular formula is C29H20BrN3O3S. The van der Waals surface area contributed by atoms with Gasteiger partial charge in [0.2, 0.25) is 0 Å². The zero-order valence-electron chi connectivity index (χ0n) is 19.4. The van der Waals surface area contributed by atoms with Crippen LogP contribution in [-0.2, 0) is 0 Å². The van der Waals surface area contributed by atoms with Crippen molar-refractivity contribution in [3.8, 4) is 17.1 Å². The first-order valence-corrected chi connectivity index (χ1v) is 13.5. The van der Waals surface area contributed by atoms with Gasteiger partial charge in [-0.1, -0.05) is 76.6 Å². The molecule has 3 aliphatic heterocycles. The highest BCUT2D eigenvalue weighted by Gasteiger charge is 2.58. The Morgan fingerprint density at radius 1 is 1.00 bits per heavy atom. The van der Waals surface area contributed by atoms with Crippen LogP contribution in [0.15, 0.2) is 110 Å². The molecule has 0 bridgehead atoms. The molecule has 0 radical (unpaired) electrons. The number of benzene rings is 3. The SMILES string of the molecule is O=C1NC2(Oc3ccc(Br)cc3C3CC(c4ccccc4)=NN32)/C(=C/c2ccc(-c3ccccc3)o2)S1. The van der Waals surface area contributed by atoms with Crippen LogP contribution in [0.1, 0.15) is 29.3 Å². The summed E-state index contributed by atoms with van der Waals surface area (Å²) in [5, 5.41) is 9.80. The van der Waals surface area contributed by atoms with Gasteiger partial charge >= 0.3 is 5.85 Å². The van der Waals surface area contributed by atoms with E-state index in [1.807, 2.05) is 83.9 Å². The number of hydrogen-bond acceptors (Lipinski definition) is 6. The van der Waals surface area contributed by atoms with Crippen molar-refractivity contribution in [2.75, 3.05) is 0 Å². The van der Waals surface area contributed by atoms with Gasteiger partial charge in [-0.05, 0) is 53.7 Å². The number of rotatable bonds is 3. The van der Waals surface area contributed by atoms with Crippen LogP contribution in [0.3, 0.4) is 0 Å². The highest BCUT2D eigenvalue weighted by atomic mass is 79.9. The highest BCUT2D eigenvalue weighted by molar-refractivity contribution is 9.10. The van der Waals surface area contributed by atoms with Crippen LogP contribution in [0.4, 0.5) is 4.79 Å². The van der Waals surface area contributed by atoms with Gasteiger partial charge in [-0.15, -0.1) is 0 Å². The standard InChI is InChI=1S/C29H20BrN3O3S/c30-20-11-13-26-22(15-20)24-17-23(18-7-3-1-4-8-18)32-33(24)29(36-26)27(37-28(34)31-29)16-21-12-14-25(35-21)19-9-5-2-6-10-19/h1-16,24H,17H2,(H,31,34)/b27-16-. The summed E-state index contributed by atoms with van der Waals surface area (Å²) in [6, 6.07) is 29.7. The maximum Gasteiger partial charge on any atom is 0.314 e. The molecule has 1 N–H and O–H groups in total. The average molecular weight is 570 g/mol. The summed E-state index contributed by atoms with van der Waals surface area (Å²) >= 11 is 4.70. The fourth-order valence-corrected chi connectivity index (χ4v) is 6.28. The van der Waals surface area contributed by atoms with Crippen molar-refractivity contribution >= 4 is 44.7 Å². The van der Waals surface area contributed by atoms with Gasteiger partial charge in [0.05, 0.1) is 16.7 Å². The predicted molar refractivity (Wildman–Crippen MR) is 148 cm³/mol. The van der Waals surface area contributed by atoms with E-state index in [0.29, 0.717) is 22.8 Å². The molecule has 2 atom stereocenters. The second-order valence-electron chi connectivity index (χ2n) is 9.00. The molecule has 1 fully saturated rings. The van der Waals surface area contributed by atoms with Crippen LogP contribution in [0.5, 0.6) is 5.75 Å². The molecule has 6 nitrogen and oxygen atoms in total. The molecule has 3 aromatic carbocycles. The molecule has 37 heavy (non-hydrogen) atoms. The quantitative estimate of drug-likeness (QED) is 0.278. The predicted octanol–water partition coefficient (Wildman–Crippen LogP) is 7.40. The van der Waals surface area contributed by atoms with Crippen molar-refractivity contribution in [1.82, 2.24) is 10.3 Å². The Hall–Kier alpha value is -3.75. The summed E-state index contributed by atoms with van der Waals surface area (Å²) in [6.07, 6.45) is 2.55. The maximum absolute atomic E-state index is 12.9. The minimum absolute atomic E-state index is 0.115. The third-order valence-corrected chi connectivity index (χ3v) is 8.09. The summed E-state index contributed by atoms with van der Waals surface area (Å²) < 4.78 is 13.7. The van der Waals surface area contributed by atoms with E-state index in [0.717, 1.165) is 44.4 Å². The van der Waals surface area contributed by atoms with Crippen molar-refractivity contribution in [2.45, 2.75) is 18.3 Å². The van der Waals surface area contributed by atoms with E-state index in [2.05, 4.69) is 39.4 Å². The number of thioether (sulfide) groups is 1. The molecule has 0 aliphatic carbocycles. The van der Waals surface area contributed by atoms with Crippen LogP contribution in [-0.4, -0.2) is 21.8 Å². The van der Waals surface area contributed by atoms with Gasteiger partial charge in [-0.3, -0.25) is 10.1 Å². The number of ether oxygens (including phenoxy) is 1. The number of nitrogens with zero attached hydrogens (tertiary/aromatic N) is 2. The fraction of sp³-hybridized carbons (Fsp3) is 0.103. The highest BCUT2D eigenvalue weighted by Crippen LogP contribution is 2.53. The number of carbonyl (C=O) groups is 1. The molecule has 8 heteroatoms. The first-order valence-electron chi connectivity index (χ1n) is 11.9. The van der Waals surface area contributed by atoms with E-state index in [1.165, 1.54) is 0 Å². The van der Waals surface area contributed by atoms with E-state index in [-0.39, 0.29) is 11.3 Å².